The minimum atomic E-state index is -4.11. The van der Waals surface area contributed by atoms with E-state index in [-0.39, 0.29) is 13.6 Å². The van der Waals surface area contributed by atoms with Crippen molar-refractivity contribution in [2.75, 3.05) is 0 Å². The van der Waals surface area contributed by atoms with Crippen LogP contribution in [0.3, 0.4) is 0 Å². The van der Waals surface area contributed by atoms with Crippen molar-refractivity contribution >= 4 is 44.6 Å². The predicted molar refractivity (Wildman–Crippen MR) is 70.2 cm³/mol. The molecule has 0 atom stereocenters. The van der Waals surface area contributed by atoms with Gasteiger partial charge in [-0.3, -0.25) is 4.79 Å². The molecule has 0 spiro atoms. The molecule has 0 radical (unpaired) electrons. The summed E-state index contributed by atoms with van der Waals surface area (Å²) in [6, 6.07) is 3.75. The van der Waals surface area contributed by atoms with Gasteiger partial charge < -0.3 is 0 Å². The second-order valence-corrected chi connectivity index (χ2v) is 7.37. The van der Waals surface area contributed by atoms with Crippen molar-refractivity contribution in [2.45, 2.75) is 11.8 Å². The van der Waals surface area contributed by atoms with Gasteiger partial charge in [-0.15, -0.1) is 15.4 Å². The molecule has 0 saturated carbocycles. The van der Waals surface area contributed by atoms with Gasteiger partial charge >= 0.3 is 0 Å². The number of halogens is 2. The van der Waals surface area contributed by atoms with Crippen LogP contribution in [0.1, 0.15) is 5.69 Å². The van der Waals surface area contributed by atoms with Crippen molar-refractivity contribution in [2.24, 2.45) is 0 Å². The van der Waals surface area contributed by atoms with Gasteiger partial charge in [0.25, 0.3) is 15.6 Å². The Labute approximate surface area is 117 Å². The second kappa shape index (κ2) is 4.65. The fraction of sp³-hybridized carbons (Fsp3) is 0.111. The average Bonchev–Trinajstić information content (AvgIpc) is 2.62. The van der Waals surface area contributed by atoms with Crippen LogP contribution in [0.5, 0.6) is 0 Å². The molecule has 0 aromatic carbocycles. The molecule has 18 heavy (non-hydrogen) atoms. The summed E-state index contributed by atoms with van der Waals surface area (Å²) < 4.78 is 25.0. The van der Waals surface area contributed by atoms with E-state index in [1.165, 1.54) is 12.1 Å². The summed E-state index contributed by atoms with van der Waals surface area (Å²) in [5, 5.41) is 3.69. The molecule has 0 aliphatic rings. The van der Waals surface area contributed by atoms with E-state index in [2.05, 4.69) is 5.10 Å². The summed E-state index contributed by atoms with van der Waals surface area (Å²) in [7, 11) is -4.11. The van der Waals surface area contributed by atoms with E-state index >= 15 is 0 Å². The zero-order valence-electron chi connectivity index (χ0n) is 8.92. The lowest BCUT2D eigenvalue weighted by atomic mass is 10.4. The van der Waals surface area contributed by atoms with E-state index in [1.54, 1.807) is 6.92 Å². The van der Waals surface area contributed by atoms with Crippen LogP contribution in [-0.2, 0) is 10.0 Å². The molecule has 9 heteroatoms. The maximum Gasteiger partial charge on any atom is 0.288 e. The summed E-state index contributed by atoms with van der Waals surface area (Å²) in [6.07, 6.45) is 0. The van der Waals surface area contributed by atoms with Gasteiger partial charge in [0.1, 0.15) is 9.23 Å². The number of hydrogen-bond donors (Lipinski definition) is 0. The first-order valence-corrected chi connectivity index (χ1v) is 7.61. The van der Waals surface area contributed by atoms with E-state index in [9.17, 15) is 13.2 Å². The maximum absolute atomic E-state index is 12.2. The molecular formula is C9H6Cl2N2O3S2. The molecule has 0 aliphatic heterocycles. The van der Waals surface area contributed by atoms with Crippen LogP contribution in [0, 0.1) is 6.92 Å². The van der Waals surface area contributed by atoms with Crippen LogP contribution in [0.25, 0.3) is 0 Å². The molecule has 5 nitrogen and oxygen atoms in total. The van der Waals surface area contributed by atoms with Crippen molar-refractivity contribution in [3.8, 4) is 0 Å². The molecule has 0 aliphatic carbocycles. The SMILES string of the molecule is Cc1ccc(=O)n(S(=O)(=O)c2cc(Cl)sc2Cl)n1. The quantitative estimate of drug-likeness (QED) is 0.848. The molecule has 2 heterocycles. The summed E-state index contributed by atoms with van der Waals surface area (Å²) in [4.78, 5) is 11.3. The smallest absolute Gasteiger partial charge is 0.267 e. The van der Waals surface area contributed by atoms with E-state index < -0.39 is 15.6 Å². The molecular weight excluding hydrogens is 319 g/mol. The van der Waals surface area contributed by atoms with Gasteiger partial charge in [0.05, 0.1) is 10.0 Å². The van der Waals surface area contributed by atoms with Crippen molar-refractivity contribution in [1.29, 1.82) is 0 Å². The zero-order chi connectivity index (χ0) is 13.5. The molecule has 2 aromatic rings. The Kier molecular flexibility index (Phi) is 3.50. The summed E-state index contributed by atoms with van der Waals surface area (Å²) >= 11 is 12.4. The van der Waals surface area contributed by atoms with Gasteiger partial charge in [0.2, 0.25) is 0 Å². The number of nitrogens with zero attached hydrogens (tertiary/aromatic N) is 2. The molecule has 96 valence electrons. The van der Waals surface area contributed by atoms with Crippen molar-refractivity contribution < 1.29 is 8.42 Å². The van der Waals surface area contributed by atoms with Crippen molar-refractivity contribution in [3.05, 3.63) is 42.9 Å². The molecule has 2 aromatic heterocycles. The van der Waals surface area contributed by atoms with Gasteiger partial charge in [-0.05, 0) is 19.1 Å². The van der Waals surface area contributed by atoms with Gasteiger partial charge in [-0.1, -0.05) is 23.2 Å². The van der Waals surface area contributed by atoms with Crippen LogP contribution in [0.15, 0.2) is 27.9 Å². The highest BCUT2D eigenvalue weighted by Crippen LogP contribution is 2.34. The number of aryl methyl sites for hydroxylation is 1. The van der Waals surface area contributed by atoms with E-state index in [4.69, 9.17) is 23.2 Å². The van der Waals surface area contributed by atoms with Gasteiger partial charge in [0.15, 0.2) is 0 Å². The van der Waals surface area contributed by atoms with Crippen LogP contribution >= 0.6 is 34.5 Å². The Bertz CT molecular complexity index is 764. The molecule has 0 fully saturated rings. The Hall–Kier alpha value is -0.890. The fourth-order valence-electron chi connectivity index (χ4n) is 1.25. The van der Waals surface area contributed by atoms with Crippen LogP contribution in [0.4, 0.5) is 0 Å². The maximum atomic E-state index is 12.2. The molecule has 0 amide bonds. The van der Waals surface area contributed by atoms with E-state index in [0.717, 1.165) is 17.4 Å². The lowest BCUT2D eigenvalue weighted by molar-refractivity contribution is 0.575. The van der Waals surface area contributed by atoms with Crippen LogP contribution in [-0.4, -0.2) is 17.6 Å². The third kappa shape index (κ3) is 2.31. The fourth-order valence-corrected chi connectivity index (χ4v) is 4.58. The van der Waals surface area contributed by atoms with Crippen molar-refractivity contribution in [1.82, 2.24) is 9.19 Å². The summed E-state index contributed by atoms with van der Waals surface area (Å²) in [5.41, 5.74) is -0.352. The minimum absolute atomic E-state index is 0.00444. The number of rotatable bonds is 2. The first-order valence-electron chi connectivity index (χ1n) is 4.60. The van der Waals surface area contributed by atoms with Gasteiger partial charge in [-0.2, -0.15) is 13.5 Å². The second-order valence-electron chi connectivity index (χ2n) is 3.35. The van der Waals surface area contributed by atoms with E-state index in [0.29, 0.717) is 9.78 Å². The lowest BCUT2D eigenvalue weighted by Crippen LogP contribution is -2.29. The van der Waals surface area contributed by atoms with Gasteiger partial charge in [0, 0.05) is 6.07 Å². The molecule has 0 saturated heterocycles. The summed E-state index contributed by atoms with van der Waals surface area (Å²) in [5.74, 6) is 0. The summed E-state index contributed by atoms with van der Waals surface area (Å²) in [6.45, 7) is 1.58. The first-order chi connectivity index (χ1) is 8.32. The van der Waals surface area contributed by atoms with E-state index in [1.807, 2.05) is 0 Å². The predicted octanol–water partition coefficient (Wildman–Crippen LogP) is 2.16. The highest BCUT2D eigenvalue weighted by Gasteiger charge is 2.25. The third-order valence-corrected chi connectivity index (χ3v) is 5.36. The topological polar surface area (TPSA) is 69.0 Å². The Morgan fingerprint density at radius 2 is 2.00 bits per heavy atom. The average molecular weight is 325 g/mol. The highest BCUT2D eigenvalue weighted by atomic mass is 35.5. The van der Waals surface area contributed by atoms with Crippen molar-refractivity contribution in [3.63, 3.8) is 0 Å². The standard InChI is InChI=1S/C9H6Cl2N2O3S2/c1-5-2-3-8(14)13(12-5)18(15,16)6-4-7(10)17-9(6)11/h2-4H,1H3. The minimum Gasteiger partial charge on any atom is -0.267 e. The zero-order valence-corrected chi connectivity index (χ0v) is 12.1. The third-order valence-electron chi connectivity index (χ3n) is 2.04. The monoisotopic (exact) mass is 324 g/mol. The van der Waals surface area contributed by atoms with Crippen LogP contribution < -0.4 is 5.56 Å². The van der Waals surface area contributed by atoms with Gasteiger partial charge in [-0.25, -0.2) is 0 Å². The molecule has 2 rings (SSSR count). The number of hydrogen-bond acceptors (Lipinski definition) is 5. The number of thiophene rings is 1. The molecule has 0 unspecified atom stereocenters. The Morgan fingerprint density at radius 1 is 1.33 bits per heavy atom. The normalized spacial score (nSPS) is 11.7. The molecule has 0 bridgehead atoms. The first kappa shape index (κ1) is 13.5. The lowest BCUT2D eigenvalue weighted by Gasteiger charge is -2.05. The largest absolute Gasteiger partial charge is 0.288 e. The molecule has 0 N–H and O–H groups in total. The number of aromatic nitrogens is 2. The Morgan fingerprint density at radius 3 is 2.56 bits per heavy atom. The van der Waals surface area contributed by atoms with Crippen LogP contribution in [0.2, 0.25) is 8.67 Å². The highest BCUT2D eigenvalue weighted by molar-refractivity contribution is 7.90. The Balaban J connectivity index is 2.73.